The van der Waals surface area contributed by atoms with E-state index in [1.165, 1.54) is 27.6 Å². The van der Waals surface area contributed by atoms with E-state index >= 15 is 0 Å². The molecule has 12 nitrogen and oxygen atoms in total. The number of β-lactam (4-membered cyclic amide) rings is 2. The summed E-state index contributed by atoms with van der Waals surface area (Å²) in [4.78, 5) is 48.4. The predicted molar refractivity (Wildman–Crippen MR) is 110 cm³/mol. The molecule has 0 bridgehead atoms. The second-order valence-corrected chi connectivity index (χ2v) is 9.27. The van der Waals surface area contributed by atoms with E-state index in [0.717, 1.165) is 12.8 Å². The van der Waals surface area contributed by atoms with E-state index in [4.69, 9.17) is 19.7 Å². The lowest BCUT2D eigenvalue weighted by molar-refractivity contribution is -0.163. The van der Waals surface area contributed by atoms with Gasteiger partial charge in [-0.05, 0) is 25.8 Å². The molecule has 0 aromatic heterocycles. The summed E-state index contributed by atoms with van der Waals surface area (Å²) in [5, 5.41) is 36.1. The van der Waals surface area contributed by atoms with E-state index in [2.05, 4.69) is 0 Å². The van der Waals surface area contributed by atoms with Gasteiger partial charge < -0.3 is 29.9 Å². The third kappa shape index (κ3) is 3.88. The quantitative estimate of drug-likeness (QED) is 0.362. The SMILES string of the molecule is C[C@@H](O)[C@H]1C(=O)N2C(C(=O)O)=C([C@H]3CCCO3)S[C@H]12.O=C(O)C1C(=CCO)OC2CC(=O)N21. The summed E-state index contributed by atoms with van der Waals surface area (Å²) in [7, 11) is 0. The van der Waals surface area contributed by atoms with Crippen molar-refractivity contribution < 1.29 is 49.1 Å². The summed E-state index contributed by atoms with van der Waals surface area (Å²) in [6, 6.07) is -1.06. The van der Waals surface area contributed by atoms with Crippen LogP contribution in [0.4, 0.5) is 0 Å². The zero-order valence-corrected chi connectivity index (χ0v) is 18.4. The molecule has 0 aliphatic carbocycles. The highest BCUT2D eigenvalue weighted by atomic mass is 32.2. The fourth-order valence-electron chi connectivity index (χ4n) is 4.48. The van der Waals surface area contributed by atoms with E-state index in [1.54, 1.807) is 6.92 Å². The first-order chi connectivity index (χ1) is 15.7. The number of carboxylic acids is 2. The minimum atomic E-state index is -1.14. The molecule has 33 heavy (non-hydrogen) atoms. The first kappa shape index (κ1) is 23.5. The highest BCUT2D eigenvalue weighted by Gasteiger charge is 2.58. The van der Waals surface area contributed by atoms with Crippen LogP contribution in [0.2, 0.25) is 0 Å². The van der Waals surface area contributed by atoms with Crippen molar-refractivity contribution in [3.8, 4) is 0 Å². The number of aliphatic hydroxyl groups is 2. The average molecular weight is 484 g/mol. The van der Waals surface area contributed by atoms with Crippen LogP contribution in [0.5, 0.6) is 0 Å². The first-order valence-corrected chi connectivity index (χ1v) is 11.3. The molecule has 4 N–H and O–H groups in total. The average Bonchev–Trinajstić information content (AvgIpc) is 3.43. The van der Waals surface area contributed by atoms with Crippen molar-refractivity contribution in [3.63, 3.8) is 0 Å². The molecule has 5 aliphatic rings. The number of carbonyl (C=O) groups excluding carboxylic acids is 2. The number of hydrogen-bond acceptors (Lipinski definition) is 9. The first-order valence-electron chi connectivity index (χ1n) is 10.5. The van der Waals surface area contributed by atoms with Crippen molar-refractivity contribution in [2.75, 3.05) is 13.2 Å². The van der Waals surface area contributed by atoms with Gasteiger partial charge in [0.15, 0.2) is 12.3 Å². The Morgan fingerprint density at radius 2 is 2.03 bits per heavy atom. The van der Waals surface area contributed by atoms with Crippen molar-refractivity contribution in [2.24, 2.45) is 5.92 Å². The summed E-state index contributed by atoms with van der Waals surface area (Å²) < 4.78 is 10.7. The van der Waals surface area contributed by atoms with Crippen LogP contribution in [0.3, 0.4) is 0 Å². The molecule has 4 saturated heterocycles. The Labute approximate surface area is 192 Å². The number of fused-ring (bicyclic) bond motifs is 2. The van der Waals surface area contributed by atoms with Crippen LogP contribution in [0.25, 0.3) is 0 Å². The zero-order chi connectivity index (χ0) is 24.0. The van der Waals surface area contributed by atoms with E-state index in [1.807, 2.05) is 0 Å². The number of nitrogens with zero attached hydrogens (tertiary/aromatic N) is 2. The Balaban J connectivity index is 0.000000165. The number of amides is 2. The molecule has 0 aromatic carbocycles. The lowest BCUT2D eigenvalue weighted by atomic mass is 9.92. The maximum absolute atomic E-state index is 12.0. The molecule has 5 aliphatic heterocycles. The molecular formula is C20H24N2O10S. The monoisotopic (exact) mass is 484 g/mol. The minimum absolute atomic E-state index is 0.0452. The number of aliphatic hydroxyl groups excluding tert-OH is 2. The Bertz CT molecular complexity index is 941. The molecule has 0 spiro atoms. The summed E-state index contributed by atoms with van der Waals surface area (Å²) in [5.41, 5.74) is 0.0452. The Hall–Kier alpha value is -2.61. The van der Waals surface area contributed by atoms with Crippen LogP contribution in [0, 0.1) is 5.92 Å². The van der Waals surface area contributed by atoms with Gasteiger partial charge in [-0.1, -0.05) is 11.8 Å². The molecule has 0 aromatic rings. The number of aliphatic carboxylic acids is 2. The molecular weight excluding hydrogens is 460 g/mol. The molecule has 4 fully saturated rings. The van der Waals surface area contributed by atoms with Crippen molar-refractivity contribution >= 4 is 35.5 Å². The highest BCUT2D eigenvalue weighted by Crippen LogP contribution is 2.52. The van der Waals surface area contributed by atoms with E-state index in [-0.39, 0.29) is 47.8 Å². The maximum atomic E-state index is 12.0. The molecule has 2 unspecified atom stereocenters. The largest absolute Gasteiger partial charge is 0.479 e. The molecule has 180 valence electrons. The predicted octanol–water partition coefficient (Wildman–Crippen LogP) is -0.722. The van der Waals surface area contributed by atoms with Gasteiger partial charge in [-0.15, -0.1) is 0 Å². The summed E-state index contributed by atoms with van der Waals surface area (Å²) >= 11 is 1.35. The Kier molecular flexibility index (Phi) is 6.40. The van der Waals surface area contributed by atoms with Crippen LogP contribution in [-0.2, 0) is 28.7 Å². The number of rotatable bonds is 5. The number of carbonyl (C=O) groups is 4. The fourth-order valence-corrected chi connectivity index (χ4v) is 6.18. The highest BCUT2D eigenvalue weighted by molar-refractivity contribution is 8.04. The van der Waals surface area contributed by atoms with Crippen molar-refractivity contribution in [1.29, 1.82) is 0 Å². The van der Waals surface area contributed by atoms with Gasteiger partial charge in [0.25, 0.3) is 0 Å². The van der Waals surface area contributed by atoms with Gasteiger partial charge in [0.1, 0.15) is 16.8 Å². The Morgan fingerprint density at radius 3 is 2.55 bits per heavy atom. The van der Waals surface area contributed by atoms with Gasteiger partial charge in [-0.2, -0.15) is 0 Å². The van der Waals surface area contributed by atoms with Crippen LogP contribution < -0.4 is 0 Å². The van der Waals surface area contributed by atoms with Gasteiger partial charge in [0.2, 0.25) is 11.8 Å². The van der Waals surface area contributed by atoms with Gasteiger partial charge in [-0.3, -0.25) is 19.4 Å². The minimum Gasteiger partial charge on any atom is -0.479 e. The normalized spacial score (nSPS) is 34.2. The molecule has 2 amide bonds. The molecule has 0 radical (unpaired) electrons. The number of ether oxygens (including phenoxy) is 2. The van der Waals surface area contributed by atoms with Crippen LogP contribution in [0.1, 0.15) is 26.2 Å². The van der Waals surface area contributed by atoms with Gasteiger partial charge >= 0.3 is 11.9 Å². The molecule has 5 heterocycles. The van der Waals surface area contributed by atoms with E-state index in [0.29, 0.717) is 11.5 Å². The fraction of sp³-hybridized carbons (Fsp3) is 0.600. The van der Waals surface area contributed by atoms with Crippen LogP contribution >= 0.6 is 11.8 Å². The number of carboxylic acid groups (broad SMARTS) is 2. The van der Waals surface area contributed by atoms with Gasteiger partial charge in [0.05, 0.1) is 31.2 Å². The lowest BCUT2D eigenvalue weighted by Gasteiger charge is -2.43. The topological polar surface area (TPSA) is 174 Å². The lowest BCUT2D eigenvalue weighted by Crippen LogP contribution is -2.60. The number of thioether (sulfide) groups is 1. The Morgan fingerprint density at radius 1 is 1.30 bits per heavy atom. The second-order valence-electron chi connectivity index (χ2n) is 8.11. The number of hydrogen-bond donors (Lipinski definition) is 4. The third-order valence-electron chi connectivity index (χ3n) is 6.04. The van der Waals surface area contributed by atoms with Crippen molar-refractivity contribution in [1.82, 2.24) is 9.80 Å². The molecule has 13 heteroatoms. The second kappa shape index (κ2) is 8.97. The molecule has 0 saturated carbocycles. The molecule has 6 atom stereocenters. The summed E-state index contributed by atoms with van der Waals surface area (Å²) in [6.45, 7) is 1.89. The standard InChI is InChI=1S/C12H15NO5S.C8H9NO5/c1-5(14)7-10(15)13-8(12(16)17)9(19-11(7)13)6-3-2-4-18-6;10-2-1-4-7(8(12)13)9-5(11)3-6(9)14-4/h5-7,11,14H,2-4H2,1H3,(H,16,17);1,6-7,10H,2-3H2,(H,12,13)/t5-,6-,7+,11-;/m1./s1. The zero-order valence-electron chi connectivity index (χ0n) is 17.6. The smallest absolute Gasteiger partial charge is 0.353 e. The van der Waals surface area contributed by atoms with E-state index < -0.39 is 36.2 Å². The molecule has 5 rings (SSSR count). The maximum Gasteiger partial charge on any atom is 0.353 e. The van der Waals surface area contributed by atoms with Crippen LogP contribution in [-0.4, -0.2) is 97.0 Å². The summed E-state index contributed by atoms with van der Waals surface area (Å²) in [5.74, 6) is -3.14. The van der Waals surface area contributed by atoms with Gasteiger partial charge in [0, 0.05) is 11.5 Å². The van der Waals surface area contributed by atoms with Crippen molar-refractivity contribution in [2.45, 2.75) is 56.0 Å². The van der Waals surface area contributed by atoms with Crippen LogP contribution in [0.15, 0.2) is 22.4 Å². The third-order valence-corrected chi connectivity index (χ3v) is 7.50. The van der Waals surface area contributed by atoms with E-state index in [9.17, 15) is 29.4 Å². The van der Waals surface area contributed by atoms with Gasteiger partial charge in [-0.25, -0.2) is 9.59 Å². The van der Waals surface area contributed by atoms with Crippen molar-refractivity contribution in [3.05, 3.63) is 22.4 Å². The summed E-state index contributed by atoms with van der Waals surface area (Å²) in [6.07, 6.45) is 1.73.